The number of hydrogen-bond donors (Lipinski definition) is 0. The van der Waals surface area contributed by atoms with Crippen molar-refractivity contribution < 1.29 is 14.3 Å². The van der Waals surface area contributed by atoms with Crippen molar-refractivity contribution in [2.24, 2.45) is 0 Å². The lowest BCUT2D eigenvalue weighted by molar-refractivity contribution is -0.143. The Labute approximate surface area is 153 Å². The van der Waals surface area contributed by atoms with Crippen LogP contribution in [0.2, 0.25) is 0 Å². The first-order valence-corrected chi connectivity index (χ1v) is 9.74. The molecule has 0 N–H and O–H groups in total. The highest BCUT2D eigenvalue weighted by atomic mass is 16.6. The largest absolute Gasteiger partial charge is 0.466 e. The minimum absolute atomic E-state index is 0.110. The van der Waals surface area contributed by atoms with Crippen molar-refractivity contribution in [3.8, 4) is 0 Å². The van der Waals surface area contributed by atoms with Crippen molar-refractivity contribution in [1.29, 1.82) is 0 Å². The highest BCUT2D eigenvalue weighted by Crippen LogP contribution is 2.28. The smallest absolute Gasteiger partial charge is 0.305 e. The highest BCUT2D eigenvalue weighted by molar-refractivity contribution is 5.69. The van der Waals surface area contributed by atoms with Crippen LogP contribution in [0.25, 0.3) is 0 Å². The molecule has 1 heterocycles. The summed E-state index contributed by atoms with van der Waals surface area (Å²) in [5, 5.41) is 0. The molecule has 0 saturated carbocycles. The third-order valence-electron chi connectivity index (χ3n) is 3.98. The summed E-state index contributed by atoms with van der Waals surface area (Å²) in [4.78, 5) is 11.2. The van der Waals surface area contributed by atoms with Crippen LogP contribution in [-0.2, 0) is 14.3 Å². The van der Waals surface area contributed by atoms with Crippen LogP contribution in [0, 0.1) is 0 Å². The fourth-order valence-electron chi connectivity index (χ4n) is 2.50. The number of rotatable bonds is 14. The van der Waals surface area contributed by atoms with Crippen LogP contribution in [0.5, 0.6) is 0 Å². The monoisotopic (exact) mass is 346 g/mol. The summed E-state index contributed by atoms with van der Waals surface area (Å²) in [5.41, 5.74) is 0. The molecule has 0 aromatic heterocycles. The Morgan fingerprint density at radius 1 is 1.00 bits per heavy atom. The van der Waals surface area contributed by atoms with Crippen molar-refractivity contribution in [1.82, 2.24) is 0 Å². The van der Waals surface area contributed by atoms with E-state index in [1.165, 1.54) is 25.7 Å². The van der Waals surface area contributed by atoms with Crippen LogP contribution in [0.1, 0.15) is 65.2 Å². The molecule has 0 unspecified atom stereocenters. The van der Waals surface area contributed by atoms with Crippen molar-refractivity contribution >= 4 is 5.97 Å². The average molecular weight is 347 g/mol. The number of allylic oxidation sites excluding steroid dienone is 7. The minimum atomic E-state index is -0.110. The molecule has 1 rings (SSSR count). The fourth-order valence-corrected chi connectivity index (χ4v) is 2.50. The summed E-state index contributed by atoms with van der Waals surface area (Å²) < 4.78 is 10.5. The van der Waals surface area contributed by atoms with Crippen molar-refractivity contribution in [3.05, 3.63) is 48.6 Å². The molecule has 2 atom stereocenters. The number of carbonyl (C=O) groups is 1. The topological polar surface area (TPSA) is 38.8 Å². The number of hydrogen-bond acceptors (Lipinski definition) is 3. The first kappa shape index (κ1) is 21.4. The first-order chi connectivity index (χ1) is 12.3. The maximum Gasteiger partial charge on any atom is 0.305 e. The van der Waals surface area contributed by atoms with Gasteiger partial charge in [0.15, 0.2) is 0 Å². The molecule has 1 saturated heterocycles. The molecule has 0 aliphatic carbocycles. The van der Waals surface area contributed by atoms with Crippen molar-refractivity contribution in [2.45, 2.75) is 77.4 Å². The van der Waals surface area contributed by atoms with Gasteiger partial charge in [0, 0.05) is 6.42 Å². The first-order valence-electron chi connectivity index (χ1n) is 9.74. The molecule has 1 aliphatic heterocycles. The summed E-state index contributed by atoms with van der Waals surface area (Å²) in [6.07, 6.45) is 25.7. The molecule has 25 heavy (non-hydrogen) atoms. The van der Waals surface area contributed by atoms with E-state index >= 15 is 0 Å². The van der Waals surface area contributed by atoms with E-state index in [1.54, 1.807) is 0 Å². The van der Waals surface area contributed by atoms with E-state index in [0.717, 1.165) is 19.3 Å². The molecule has 1 aliphatic rings. The number of epoxide rings is 1. The molecule has 0 spiro atoms. The number of ether oxygens (including phenoxy) is 2. The second kappa shape index (κ2) is 14.7. The second-order valence-electron chi connectivity index (χ2n) is 6.24. The summed E-state index contributed by atoms with van der Waals surface area (Å²) in [5.74, 6) is -0.110. The van der Waals surface area contributed by atoms with E-state index < -0.39 is 0 Å². The Balaban J connectivity index is 2.00. The molecule has 0 radical (unpaired) electrons. The molecule has 0 aromatic rings. The maximum absolute atomic E-state index is 11.2. The third kappa shape index (κ3) is 12.4. The Morgan fingerprint density at radius 3 is 2.64 bits per heavy atom. The van der Waals surface area contributed by atoms with Crippen molar-refractivity contribution in [2.75, 3.05) is 6.61 Å². The van der Waals surface area contributed by atoms with E-state index in [2.05, 4.69) is 37.3 Å². The Hall–Kier alpha value is -1.61. The number of carbonyl (C=O) groups excluding carboxylic acids is 1. The summed E-state index contributed by atoms with van der Waals surface area (Å²) in [6.45, 7) is 4.52. The normalized spacial score (nSPS) is 20.4. The lowest BCUT2D eigenvalue weighted by Gasteiger charge is -1.99. The maximum atomic E-state index is 11.2. The minimum Gasteiger partial charge on any atom is -0.466 e. The molecule has 3 nitrogen and oxygen atoms in total. The van der Waals surface area contributed by atoms with Gasteiger partial charge in [0.25, 0.3) is 0 Å². The lowest BCUT2D eigenvalue weighted by Crippen LogP contribution is -2.04. The molecule has 0 bridgehead atoms. The van der Waals surface area contributed by atoms with Crippen LogP contribution >= 0.6 is 0 Å². The molecule has 1 fully saturated rings. The highest BCUT2D eigenvalue weighted by Gasteiger charge is 2.35. The summed E-state index contributed by atoms with van der Waals surface area (Å²) in [7, 11) is 0. The van der Waals surface area contributed by atoms with E-state index in [4.69, 9.17) is 9.47 Å². The van der Waals surface area contributed by atoms with E-state index in [1.807, 2.05) is 25.2 Å². The van der Waals surface area contributed by atoms with Gasteiger partial charge in [0.1, 0.15) is 6.10 Å². The van der Waals surface area contributed by atoms with Crippen LogP contribution in [0.4, 0.5) is 0 Å². The van der Waals surface area contributed by atoms with Gasteiger partial charge in [0.2, 0.25) is 0 Å². The van der Waals surface area contributed by atoms with E-state index in [9.17, 15) is 4.79 Å². The van der Waals surface area contributed by atoms with Gasteiger partial charge in [-0.1, -0.05) is 68.4 Å². The second-order valence-corrected chi connectivity index (χ2v) is 6.24. The fraction of sp³-hybridized carbons (Fsp3) is 0.591. The zero-order chi connectivity index (χ0) is 18.2. The van der Waals surface area contributed by atoms with E-state index in [-0.39, 0.29) is 18.2 Å². The molecular weight excluding hydrogens is 312 g/mol. The van der Waals surface area contributed by atoms with Gasteiger partial charge in [0.05, 0.1) is 12.7 Å². The molecule has 140 valence electrons. The molecule has 3 heteroatoms. The predicted octanol–water partition coefficient (Wildman–Crippen LogP) is 5.68. The van der Waals surface area contributed by atoms with Crippen LogP contribution in [0.3, 0.4) is 0 Å². The van der Waals surface area contributed by atoms with Gasteiger partial charge in [-0.3, -0.25) is 4.79 Å². The van der Waals surface area contributed by atoms with Crippen LogP contribution < -0.4 is 0 Å². The zero-order valence-corrected chi connectivity index (χ0v) is 15.9. The number of esters is 1. The average Bonchev–Trinajstić information content (AvgIpc) is 3.34. The lowest BCUT2D eigenvalue weighted by atomic mass is 10.1. The van der Waals surface area contributed by atoms with Gasteiger partial charge < -0.3 is 9.47 Å². The quantitative estimate of drug-likeness (QED) is 0.133. The Bertz CT molecular complexity index is 460. The van der Waals surface area contributed by atoms with E-state index in [0.29, 0.717) is 13.0 Å². The van der Waals surface area contributed by atoms with Gasteiger partial charge in [-0.15, -0.1) is 0 Å². The summed E-state index contributed by atoms with van der Waals surface area (Å²) in [6, 6.07) is 0. The SMILES string of the molecule is CCCCC/C=C\C\C=C/C=C/C=C/[C@@H]1O[C@H]1CCCC(=O)OCC. The van der Waals surface area contributed by atoms with Crippen LogP contribution in [0.15, 0.2) is 48.6 Å². The Morgan fingerprint density at radius 2 is 1.84 bits per heavy atom. The third-order valence-corrected chi connectivity index (χ3v) is 3.98. The van der Waals surface area contributed by atoms with Crippen molar-refractivity contribution in [3.63, 3.8) is 0 Å². The summed E-state index contributed by atoms with van der Waals surface area (Å²) >= 11 is 0. The molecule has 0 aromatic carbocycles. The van der Waals surface area contributed by atoms with Gasteiger partial charge >= 0.3 is 5.97 Å². The van der Waals surface area contributed by atoms with Gasteiger partial charge in [-0.05, 0) is 39.0 Å². The predicted molar refractivity (Wildman–Crippen MR) is 104 cm³/mol. The standard InChI is InChI=1S/C22H34O3/c1-3-5-6-7-8-9-10-11-12-13-14-15-17-20-21(25-20)18-16-19-22(23)24-4-2/h8-9,11-15,17,20-21H,3-7,10,16,18-19H2,1-2H3/b9-8-,12-11-,14-13+,17-15+/t20-,21-/m0/s1. The van der Waals surface area contributed by atoms with Gasteiger partial charge in [-0.25, -0.2) is 0 Å². The molecular formula is C22H34O3. The Kier molecular flexibility index (Phi) is 12.6. The molecule has 0 amide bonds. The van der Waals surface area contributed by atoms with Gasteiger partial charge in [-0.2, -0.15) is 0 Å². The van der Waals surface area contributed by atoms with Crippen LogP contribution in [-0.4, -0.2) is 24.8 Å². The number of unbranched alkanes of at least 4 members (excludes halogenated alkanes) is 3. The zero-order valence-electron chi connectivity index (χ0n) is 15.9.